The molecule has 0 heterocycles. The number of aldehydes is 1. The highest BCUT2D eigenvalue weighted by molar-refractivity contribution is 5.61. The highest BCUT2D eigenvalue weighted by atomic mass is 16.6. The molecule has 0 amide bonds. The van der Waals surface area contributed by atoms with Crippen LogP contribution in [0.5, 0.6) is 0 Å². The molecule has 2 atom stereocenters. The van der Waals surface area contributed by atoms with Gasteiger partial charge in [-0.05, 0) is 17.9 Å². The number of nitrogens with zero attached hydrogens (tertiary/aromatic N) is 1. The molecule has 0 saturated heterocycles. The van der Waals surface area contributed by atoms with Gasteiger partial charge in [-0.3, -0.25) is 10.1 Å². The van der Waals surface area contributed by atoms with Crippen molar-refractivity contribution in [2.24, 2.45) is 5.92 Å². The number of nitro groups is 1. The topological polar surface area (TPSA) is 60.2 Å². The van der Waals surface area contributed by atoms with E-state index in [9.17, 15) is 14.9 Å². The first kappa shape index (κ1) is 8.87. The summed E-state index contributed by atoms with van der Waals surface area (Å²) in [5.41, 5.74) is 1.12. The maximum atomic E-state index is 10.4. The number of rotatable bonds is 3. The maximum Gasteiger partial charge on any atom is 0.269 e. The molecule has 1 aliphatic carbocycles. The van der Waals surface area contributed by atoms with Crippen LogP contribution in [0.1, 0.15) is 17.9 Å². The van der Waals surface area contributed by atoms with Crippen LogP contribution in [0.2, 0.25) is 0 Å². The summed E-state index contributed by atoms with van der Waals surface area (Å²) in [7, 11) is 0. The zero-order valence-corrected chi connectivity index (χ0v) is 7.42. The molecule has 72 valence electrons. The van der Waals surface area contributed by atoms with E-state index in [2.05, 4.69) is 0 Å². The van der Waals surface area contributed by atoms with Crippen molar-refractivity contribution in [2.75, 3.05) is 0 Å². The van der Waals surface area contributed by atoms with Crippen LogP contribution >= 0.6 is 0 Å². The second kappa shape index (κ2) is 3.21. The number of hydrogen-bond donors (Lipinski definition) is 0. The Bertz CT molecular complexity index is 371. The lowest BCUT2D eigenvalue weighted by molar-refractivity contribution is -0.384. The van der Waals surface area contributed by atoms with Gasteiger partial charge in [0.1, 0.15) is 6.29 Å². The Morgan fingerprint density at radius 1 is 1.36 bits per heavy atom. The van der Waals surface area contributed by atoms with E-state index in [1.165, 1.54) is 12.1 Å². The summed E-state index contributed by atoms with van der Waals surface area (Å²) in [5.74, 6) is 0.407. The molecule has 1 aliphatic rings. The van der Waals surface area contributed by atoms with Crippen molar-refractivity contribution < 1.29 is 9.72 Å². The van der Waals surface area contributed by atoms with Crippen LogP contribution in [0.3, 0.4) is 0 Å². The summed E-state index contributed by atoms with van der Waals surface area (Å²) in [6, 6.07) is 6.42. The van der Waals surface area contributed by atoms with Crippen LogP contribution in [0.15, 0.2) is 24.3 Å². The zero-order valence-electron chi connectivity index (χ0n) is 7.42. The van der Waals surface area contributed by atoms with E-state index in [0.29, 0.717) is 0 Å². The largest absolute Gasteiger partial charge is 0.303 e. The van der Waals surface area contributed by atoms with Crippen LogP contribution in [0.4, 0.5) is 5.69 Å². The summed E-state index contributed by atoms with van der Waals surface area (Å²) >= 11 is 0. The number of non-ortho nitro benzene ring substituents is 1. The zero-order chi connectivity index (χ0) is 10.1. The highest BCUT2D eigenvalue weighted by Gasteiger charge is 2.37. The maximum absolute atomic E-state index is 10.4. The van der Waals surface area contributed by atoms with Crippen LogP contribution in [-0.2, 0) is 4.79 Å². The molecule has 1 fully saturated rings. The lowest BCUT2D eigenvalue weighted by Gasteiger charge is -1.96. The third-order valence-electron chi connectivity index (χ3n) is 2.55. The van der Waals surface area contributed by atoms with E-state index in [-0.39, 0.29) is 17.5 Å². The second-order valence-electron chi connectivity index (χ2n) is 3.49. The van der Waals surface area contributed by atoms with E-state index in [1.807, 2.05) is 0 Å². The Balaban J connectivity index is 2.15. The Morgan fingerprint density at radius 3 is 2.43 bits per heavy atom. The molecule has 0 aromatic heterocycles. The van der Waals surface area contributed by atoms with E-state index in [0.717, 1.165) is 18.3 Å². The quantitative estimate of drug-likeness (QED) is 0.416. The number of benzene rings is 1. The fraction of sp³-hybridized carbons (Fsp3) is 0.300. The molecule has 0 spiro atoms. The van der Waals surface area contributed by atoms with E-state index in [1.54, 1.807) is 12.1 Å². The first-order valence-corrected chi connectivity index (χ1v) is 4.42. The first-order valence-electron chi connectivity index (χ1n) is 4.42. The summed E-state index contributed by atoms with van der Waals surface area (Å²) in [5, 5.41) is 10.4. The minimum absolute atomic E-state index is 0.0945. The highest BCUT2D eigenvalue weighted by Crippen LogP contribution is 2.45. The van der Waals surface area contributed by atoms with Crippen LogP contribution < -0.4 is 0 Å². The molecular weight excluding hydrogens is 182 g/mol. The molecule has 1 aromatic rings. The molecule has 1 saturated carbocycles. The van der Waals surface area contributed by atoms with E-state index < -0.39 is 4.92 Å². The van der Waals surface area contributed by atoms with Gasteiger partial charge >= 0.3 is 0 Å². The van der Waals surface area contributed by atoms with Gasteiger partial charge in [0.05, 0.1) is 4.92 Å². The van der Waals surface area contributed by atoms with Gasteiger partial charge in [0, 0.05) is 18.1 Å². The minimum atomic E-state index is -0.423. The molecule has 2 unspecified atom stereocenters. The Kier molecular flexibility index (Phi) is 2.04. The molecule has 1 aromatic carbocycles. The smallest absolute Gasteiger partial charge is 0.269 e. The van der Waals surface area contributed by atoms with Gasteiger partial charge in [0.15, 0.2) is 0 Å². The molecule has 0 bridgehead atoms. The predicted octanol–water partition coefficient (Wildman–Crippen LogP) is 1.90. The normalized spacial score (nSPS) is 24.3. The average molecular weight is 191 g/mol. The fourth-order valence-electron chi connectivity index (χ4n) is 1.59. The minimum Gasteiger partial charge on any atom is -0.303 e. The molecule has 4 heteroatoms. The number of nitro benzene ring substituents is 1. The van der Waals surface area contributed by atoms with E-state index >= 15 is 0 Å². The second-order valence-corrected chi connectivity index (χ2v) is 3.49. The monoisotopic (exact) mass is 191 g/mol. The van der Waals surface area contributed by atoms with Crippen molar-refractivity contribution >= 4 is 12.0 Å². The summed E-state index contributed by atoms with van der Waals surface area (Å²) in [4.78, 5) is 20.4. The van der Waals surface area contributed by atoms with Crippen molar-refractivity contribution in [1.82, 2.24) is 0 Å². The van der Waals surface area contributed by atoms with Crippen molar-refractivity contribution in [3.05, 3.63) is 39.9 Å². The van der Waals surface area contributed by atoms with Gasteiger partial charge in [-0.1, -0.05) is 12.1 Å². The molecule has 2 rings (SSSR count). The van der Waals surface area contributed by atoms with Crippen molar-refractivity contribution in [2.45, 2.75) is 12.3 Å². The van der Waals surface area contributed by atoms with Gasteiger partial charge < -0.3 is 4.79 Å². The number of carbonyl (C=O) groups is 1. The predicted molar refractivity (Wildman–Crippen MR) is 50.0 cm³/mol. The summed E-state index contributed by atoms with van der Waals surface area (Å²) in [6.45, 7) is 0. The van der Waals surface area contributed by atoms with Crippen molar-refractivity contribution in [3.63, 3.8) is 0 Å². The summed E-state index contributed by atoms with van der Waals surface area (Å²) in [6.07, 6.45) is 1.83. The lowest BCUT2D eigenvalue weighted by Crippen LogP contribution is -1.89. The molecule has 0 aliphatic heterocycles. The SMILES string of the molecule is O=CC1CC1c1ccc([N+](=O)[O-])cc1. The van der Waals surface area contributed by atoms with Crippen LogP contribution in [0, 0.1) is 16.0 Å². The van der Waals surface area contributed by atoms with Gasteiger partial charge in [0.25, 0.3) is 5.69 Å². The fourth-order valence-corrected chi connectivity index (χ4v) is 1.59. The Morgan fingerprint density at radius 2 is 2.00 bits per heavy atom. The van der Waals surface area contributed by atoms with Crippen molar-refractivity contribution in [1.29, 1.82) is 0 Å². The van der Waals surface area contributed by atoms with Gasteiger partial charge in [0.2, 0.25) is 0 Å². The summed E-state index contributed by atoms with van der Waals surface area (Å²) < 4.78 is 0. The van der Waals surface area contributed by atoms with Gasteiger partial charge in [-0.25, -0.2) is 0 Å². The van der Waals surface area contributed by atoms with E-state index in [4.69, 9.17) is 0 Å². The standard InChI is InChI=1S/C10H9NO3/c12-6-8-5-10(8)7-1-3-9(4-2-7)11(13)14/h1-4,6,8,10H,5H2. The molecule has 14 heavy (non-hydrogen) atoms. The molecular formula is C10H9NO3. The molecule has 0 N–H and O–H groups in total. The average Bonchev–Trinajstić information content (AvgIpc) is 2.97. The molecule has 4 nitrogen and oxygen atoms in total. The Hall–Kier alpha value is -1.71. The van der Waals surface area contributed by atoms with Crippen LogP contribution in [-0.4, -0.2) is 11.2 Å². The molecule has 0 radical (unpaired) electrons. The van der Waals surface area contributed by atoms with Gasteiger partial charge in [-0.15, -0.1) is 0 Å². The third-order valence-corrected chi connectivity index (χ3v) is 2.55. The number of carbonyl (C=O) groups excluding carboxylic acids is 1. The first-order chi connectivity index (χ1) is 6.72. The Labute approximate surface area is 80.7 Å². The lowest BCUT2D eigenvalue weighted by atomic mass is 10.1. The van der Waals surface area contributed by atoms with Crippen molar-refractivity contribution in [3.8, 4) is 0 Å². The number of hydrogen-bond acceptors (Lipinski definition) is 3. The van der Waals surface area contributed by atoms with Crippen LogP contribution in [0.25, 0.3) is 0 Å². The third kappa shape index (κ3) is 1.51. The van der Waals surface area contributed by atoms with Gasteiger partial charge in [-0.2, -0.15) is 0 Å².